The fourth-order valence-electron chi connectivity index (χ4n) is 1.48. The summed E-state index contributed by atoms with van der Waals surface area (Å²) < 4.78 is 10.0. The van der Waals surface area contributed by atoms with Crippen LogP contribution in [0.25, 0.3) is 0 Å². The van der Waals surface area contributed by atoms with Crippen molar-refractivity contribution in [2.75, 3.05) is 27.4 Å². The molecule has 0 saturated carbocycles. The van der Waals surface area contributed by atoms with E-state index in [-0.39, 0.29) is 0 Å². The van der Waals surface area contributed by atoms with Gasteiger partial charge in [0.1, 0.15) is 0 Å². The molecule has 14 heavy (non-hydrogen) atoms. The second kappa shape index (κ2) is 9.40. The largest absolute Gasteiger partial charge is 0.385 e. The van der Waals surface area contributed by atoms with E-state index in [1.165, 1.54) is 0 Å². The van der Waals surface area contributed by atoms with Gasteiger partial charge in [0.15, 0.2) is 0 Å². The first kappa shape index (κ1) is 13.8. The van der Waals surface area contributed by atoms with Gasteiger partial charge in [-0.05, 0) is 25.2 Å². The van der Waals surface area contributed by atoms with E-state index in [0.29, 0.717) is 12.0 Å². The molecule has 2 unspecified atom stereocenters. The average molecular weight is 204 g/mol. The molecular weight excluding hydrogens is 180 g/mol. The lowest BCUT2D eigenvalue weighted by molar-refractivity contribution is 0.160. The Morgan fingerprint density at radius 2 is 1.79 bits per heavy atom. The van der Waals surface area contributed by atoms with Gasteiger partial charge >= 0.3 is 0 Å². The van der Waals surface area contributed by atoms with Crippen molar-refractivity contribution in [3.63, 3.8) is 0 Å². The lowest BCUT2D eigenvalue weighted by Crippen LogP contribution is -2.40. The molecule has 4 heteroatoms. The molecule has 0 aliphatic heterocycles. The van der Waals surface area contributed by atoms with E-state index < -0.39 is 0 Å². The molecule has 0 aromatic carbocycles. The van der Waals surface area contributed by atoms with Crippen LogP contribution < -0.4 is 11.3 Å². The van der Waals surface area contributed by atoms with Crippen LogP contribution in [0.2, 0.25) is 0 Å². The fourth-order valence-corrected chi connectivity index (χ4v) is 1.48. The molecule has 0 aliphatic rings. The Morgan fingerprint density at radius 1 is 1.14 bits per heavy atom. The van der Waals surface area contributed by atoms with Gasteiger partial charge in [-0.15, -0.1) is 0 Å². The first-order valence-corrected chi connectivity index (χ1v) is 5.20. The maximum Gasteiger partial charge on any atom is 0.0465 e. The van der Waals surface area contributed by atoms with Gasteiger partial charge in [0.2, 0.25) is 0 Å². The SMILES string of the molecule is COCCCC(NN)C(C)CCOC. The molecule has 3 N–H and O–H groups in total. The summed E-state index contributed by atoms with van der Waals surface area (Å²) in [6.45, 7) is 3.79. The number of ether oxygens (including phenoxy) is 2. The van der Waals surface area contributed by atoms with E-state index in [1.807, 2.05) is 0 Å². The molecule has 0 aromatic rings. The van der Waals surface area contributed by atoms with Gasteiger partial charge < -0.3 is 9.47 Å². The summed E-state index contributed by atoms with van der Waals surface area (Å²) in [5, 5.41) is 0. The minimum absolute atomic E-state index is 0.361. The van der Waals surface area contributed by atoms with Crippen molar-refractivity contribution in [2.45, 2.75) is 32.2 Å². The van der Waals surface area contributed by atoms with Crippen molar-refractivity contribution in [1.29, 1.82) is 0 Å². The number of rotatable bonds is 9. The standard InChI is InChI=1S/C10H24N2O2/c1-9(6-8-14-3)10(12-11)5-4-7-13-2/h9-10,12H,4-8,11H2,1-3H3. The molecule has 0 saturated heterocycles. The normalized spacial score (nSPS) is 15.4. The number of hydrogen-bond donors (Lipinski definition) is 2. The quantitative estimate of drug-likeness (QED) is 0.333. The Balaban J connectivity index is 3.62. The van der Waals surface area contributed by atoms with Crippen LogP contribution >= 0.6 is 0 Å². The van der Waals surface area contributed by atoms with Gasteiger partial charge in [-0.25, -0.2) is 0 Å². The van der Waals surface area contributed by atoms with Crippen molar-refractivity contribution in [1.82, 2.24) is 5.43 Å². The van der Waals surface area contributed by atoms with Crippen LogP contribution in [0.3, 0.4) is 0 Å². The highest BCUT2D eigenvalue weighted by molar-refractivity contribution is 4.70. The summed E-state index contributed by atoms with van der Waals surface area (Å²) in [7, 11) is 3.45. The van der Waals surface area contributed by atoms with E-state index in [9.17, 15) is 0 Å². The number of nitrogens with one attached hydrogen (secondary N) is 1. The summed E-state index contributed by atoms with van der Waals surface area (Å²) in [6.07, 6.45) is 3.14. The topological polar surface area (TPSA) is 56.5 Å². The van der Waals surface area contributed by atoms with Crippen LogP contribution in [0.15, 0.2) is 0 Å². The van der Waals surface area contributed by atoms with Gasteiger partial charge in [0.25, 0.3) is 0 Å². The smallest absolute Gasteiger partial charge is 0.0465 e. The third kappa shape index (κ3) is 6.32. The summed E-state index contributed by atoms with van der Waals surface area (Å²) in [5.74, 6) is 6.03. The third-order valence-electron chi connectivity index (χ3n) is 2.54. The van der Waals surface area contributed by atoms with Crippen LogP contribution in [0.1, 0.15) is 26.2 Å². The first-order valence-electron chi connectivity index (χ1n) is 5.20. The molecule has 0 aliphatic carbocycles. The van der Waals surface area contributed by atoms with E-state index >= 15 is 0 Å². The van der Waals surface area contributed by atoms with Gasteiger partial charge in [-0.1, -0.05) is 6.92 Å². The van der Waals surface area contributed by atoms with Crippen molar-refractivity contribution in [3.8, 4) is 0 Å². The molecule has 0 radical (unpaired) electrons. The van der Waals surface area contributed by atoms with Crippen molar-refractivity contribution in [2.24, 2.45) is 11.8 Å². The molecule has 86 valence electrons. The second-order valence-electron chi connectivity index (χ2n) is 3.67. The van der Waals surface area contributed by atoms with E-state index in [2.05, 4.69) is 12.3 Å². The minimum Gasteiger partial charge on any atom is -0.385 e. The molecule has 0 fully saturated rings. The summed E-state index contributed by atoms with van der Waals surface area (Å²) in [4.78, 5) is 0. The van der Waals surface area contributed by atoms with Crippen molar-refractivity contribution < 1.29 is 9.47 Å². The van der Waals surface area contributed by atoms with Gasteiger partial charge in [-0.3, -0.25) is 11.3 Å². The minimum atomic E-state index is 0.361. The molecular formula is C10H24N2O2. The molecule has 0 amide bonds. The highest BCUT2D eigenvalue weighted by atomic mass is 16.5. The number of nitrogens with two attached hydrogens (primary N) is 1. The molecule has 0 heterocycles. The van der Waals surface area contributed by atoms with Crippen LogP contribution in [0.4, 0.5) is 0 Å². The average Bonchev–Trinajstić information content (AvgIpc) is 2.21. The summed E-state index contributed by atoms with van der Waals surface area (Å²) in [6, 6.07) is 0.361. The number of methoxy groups -OCH3 is 2. The highest BCUT2D eigenvalue weighted by Gasteiger charge is 2.14. The van der Waals surface area contributed by atoms with E-state index in [4.69, 9.17) is 15.3 Å². The van der Waals surface area contributed by atoms with Crippen LogP contribution in [-0.2, 0) is 9.47 Å². The Bertz CT molecular complexity index is 123. The zero-order chi connectivity index (χ0) is 10.8. The molecule has 0 rings (SSSR count). The van der Waals surface area contributed by atoms with Crippen molar-refractivity contribution >= 4 is 0 Å². The maximum absolute atomic E-state index is 5.50. The lowest BCUT2D eigenvalue weighted by atomic mass is 9.95. The van der Waals surface area contributed by atoms with Crippen LogP contribution in [0.5, 0.6) is 0 Å². The van der Waals surface area contributed by atoms with Gasteiger partial charge in [0, 0.05) is 33.5 Å². The van der Waals surface area contributed by atoms with Crippen LogP contribution in [-0.4, -0.2) is 33.5 Å². The fraction of sp³-hybridized carbons (Fsp3) is 1.00. The molecule has 0 aromatic heterocycles. The maximum atomic E-state index is 5.50. The number of hydrogen-bond acceptors (Lipinski definition) is 4. The first-order chi connectivity index (χ1) is 6.76. The monoisotopic (exact) mass is 204 g/mol. The van der Waals surface area contributed by atoms with Crippen LogP contribution in [0, 0.1) is 5.92 Å². The predicted molar refractivity (Wildman–Crippen MR) is 57.9 cm³/mol. The zero-order valence-corrected chi connectivity index (χ0v) is 9.58. The highest BCUT2D eigenvalue weighted by Crippen LogP contribution is 2.12. The Labute approximate surface area is 87.1 Å². The van der Waals surface area contributed by atoms with Crippen molar-refractivity contribution in [3.05, 3.63) is 0 Å². The summed E-state index contributed by atoms with van der Waals surface area (Å²) >= 11 is 0. The Hall–Kier alpha value is -0.160. The number of hydrazine groups is 1. The predicted octanol–water partition coefficient (Wildman–Crippen LogP) is 0.917. The van der Waals surface area contributed by atoms with Gasteiger partial charge in [-0.2, -0.15) is 0 Å². The Kier molecular flexibility index (Phi) is 9.29. The molecule has 4 nitrogen and oxygen atoms in total. The third-order valence-corrected chi connectivity index (χ3v) is 2.54. The zero-order valence-electron chi connectivity index (χ0n) is 9.58. The van der Waals surface area contributed by atoms with Gasteiger partial charge in [0.05, 0.1) is 0 Å². The Morgan fingerprint density at radius 3 is 2.29 bits per heavy atom. The second-order valence-corrected chi connectivity index (χ2v) is 3.67. The lowest BCUT2D eigenvalue weighted by Gasteiger charge is -2.22. The molecule has 0 bridgehead atoms. The molecule has 2 atom stereocenters. The van der Waals surface area contributed by atoms with E-state index in [1.54, 1.807) is 14.2 Å². The van der Waals surface area contributed by atoms with E-state index in [0.717, 1.165) is 32.5 Å². The molecule has 0 spiro atoms. The summed E-state index contributed by atoms with van der Waals surface area (Å²) in [5.41, 5.74) is 2.86.